The Kier molecular flexibility index (Phi) is 14.1. The van der Waals surface area contributed by atoms with Crippen LogP contribution in [0.5, 0.6) is 11.5 Å². The number of hydrogen-bond acceptors (Lipinski definition) is 10. The number of hydrogen-bond donors (Lipinski definition) is 2. The van der Waals surface area contributed by atoms with Crippen LogP contribution in [0.1, 0.15) is 84.6 Å². The second-order valence-corrected chi connectivity index (χ2v) is 10.4. The highest BCUT2D eigenvalue weighted by Gasteiger charge is 2.10. The lowest BCUT2D eigenvalue weighted by molar-refractivity contribution is -0.134. The fourth-order valence-corrected chi connectivity index (χ4v) is 4.17. The fourth-order valence-electron chi connectivity index (χ4n) is 4.17. The summed E-state index contributed by atoms with van der Waals surface area (Å²) in [6.45, 7) is 2.57. The second-order valence-electron chi connectivity index (χ2n) is 10.4. The summed E-state index contributed by atoms with van der Waals surface area (Å²) in [6.07, 6.45) is 9.15. The second kappa shape index (κ2) is 18.5. The van der Waals surface area contributed by atoms with Crippen molar-refractivity contribution in [3.63, 3.8) is 0 Å². The van der Waals surface area contributed by atoms with Crippen LogP contribution < -0.4 is 20.9 Å². The molecule has 3 rings (SSSR count). The van der Waals surface area contributed by atoms with E-state index in [0.29, 0.717) is 65.2 Å². The van der Waals surface area contributed by atoms with Crippen molar-refractivity contribution in [3.8, 4) is 11.5 Å². The van der Waals surface area contributed by atoms with E-state index in [1.165, 1.54) is 18.2 Å². The summed E-state index contributed by atoms with van der Waals surface area (Å²) in [4.78, 5) is 48.6. The van der Waals surface area contributed by atoms with E-state index in [2.05, 4.69) is 6.92 Å². The van der Waals surface area contributed by atoms with Crippen LogP contribution in [0.25, 0.3) is 6.08 Å². The highest BCUT2D eigenvalue weighted by molar-refractivity contribution is 5.92. The number of anilines is 2. The molecule has 0 aliphatic carbocycles. The topological polar surface area (TPSA) is 157 Å². The van der Waals surface area contributed by atoms with Crippen LogP contribution in [0, 0.1) is 0 Å². The quantitative estimate of drug-likeness (QED) is 0.0562. The molecule has 0 saturated heterocycles. The monoisotopic (exact) mass is 616 g/mol. The number of rotatable bonds is 17. The van der Waals surface area contributed by atoms with Crippen LogP contribution >= 0.6 is 0 Å². The standard InChI is InChI=1S/C35H40N2O8/c1-2-3-4-6-9-32(38)44-30-15-17-31(18-16-30)45-33(39)19-12-25-10-13-26(14-11-25)34(40)42-20-7-5-8-21-43-35(41)27-22-28(36)24-29(37)23-27/h10-19,22-24H,2-9,20-21,36-37H2,1H3. The molecule has 0 fully saturated rings. The van der Waals surface area contributed by atoms with Gasteiger partial charge in [-0.15, -0.1) is 0 Å². The van der Waals surface area contributed by atoms with Crippen LogP contribution in [-0.4, -0.2) is 37.1 Å². The van der Waals surface area contributed by atoms with Gasteiger partial charge in [0.25, 0.3) is 0 Å². The summed E-state index contributed by atoms with van der Waals surface area (Å²) in [5, 5.41) is 0. The van der Waals surface area contributed by atoms with E-state index in [9.17, 15) is 19.2 Å². The van der Waals surface area contributed by atoms with Crippen molar-refractivity contribution < 1.29 is 38.1 Å². The van der Waals surface area contributed by atoms with Gasteiger partial charge in [0, 0.05) is 23.9 Å². The molecular weight excluding hydrogens is 576 g/mol. The largest absolute Gasteiger partial charge is 0.462 e. The number of carbonyl (C=O) groups excluding carboxylic acids is 4. The van der Waals surface area contributed by atoms with Gasteiger partial charge in [0.2, 0.25) is 0 Å². The van der Waals surface area contributed by atoms with E-state index in [4.69, 9.17) is 30.4 Å². The Hall–Kier alpha value is -5.12. The van der Waals surface area contributed by atoms with Crippen LogP contribution in [0.4, 0.5) is 11.4 Å². The Bertz CT molecular complexity index is 1430. The number of nitrogen functional groups attached to an aromatic ring is 2. The summed E-state index contributed by atoms with van der Waals surface area (Å²) in [7, 11) is 0. The zero-order valence-corrected chi connectivity index (χ0v) is 25.5. The van der Waals surface area contributed by atoms with Crippen LogP contribution in [0.15, 0.2) is 72.8 Å². The van der Waals surface area contributed by atoms with Crippen molar-refractivity contribution in [2.75, 3.05) is 24.7 Å². The Balaban J connectivity index is 1.31. The van der Waals surface area contributed by atoms with Crippen LogP contribution in [0.3, 0.4) is 0 Å². The predicted molar refractivity (Wildman–Crippen MR) is 172 cm³/mol. The van der Waals surface area contributed by atoms with Gasteiger partial charge in [0.15, 0.2) is 0 Å². The molecule has 0 atom stereocenters. The molecule has 10 nitrogen and oxygen atoms in total. The van der Waals surface area contributed by atoms with E-state index < -0.39 is 17.9 Å². The van der Waals surface area contributed by atoms with Crippen molar-refractivity contribution in [2.24, 2.45) is 0 Å². The van der Waals surface area contributed by atoms with Crippen LogP contribution in [-0.2, 0) is 19.1 Å². The minimum atomic E-state index is -0.580. The molecule has 10 heteroatoms. The zero-order chi connectivity index (χ0) is 32.4. The van der Waals surface area contributed by atoms with E-state index in [0.717, 1.165) is 25.7 Å². The molecule has 4 N–H and O–H groups in total. The number of nitrogens with two attached hydrogens (primary N) is 2. The molecule has 45 heavy (non-hydrogen) atoms. The van der Waals surface area contributed by atoms with Crippen molar-refractivity contribution in [1.29, 1.82) is 0 Å². The van der Waals surface area contributed by atoms with Crippen molar-refractivity contribution >= 4 is 41.3 Å². The van der Waals surface area contributed by atoms with Gasteiger partial charge in [-0.3, -0.25) is 4.79 Å². The molecule has 0 saturated carbocycles. The smallest absolute Gasteiger partial charge is 0.338 e. The van der Waals surface area contributed by atoms with Gasteiger partial charge >= 0.3 is 23.9 Å². The number of ether oxygens (including phenoxy) is 4. The summed E-state index contributed by atoms with van der Waals surface area (Å²) in [6, 6.07) is 17.4. The molecule has 0 amide bonds. The summed E-state index contributed by atoms with van der Waals surface area (Å²) >= 11 is 0. The normalized spacial score (nSPS) is 10.8. The molecule has 0 radical (unpaired) electrons. The molecule has 238 valence electrons. The number of esters is 4. The van der Waals surface area contributed by atoms with E-state index in [-0.39, 0.29) is 19.2 Å². The maximum atomic E-state index is 12.3. The molecule has 0 heterocycles. The number of unbranched alkanes of at least 4 members (excludes halogenated alkanes) is 5. The summed E-state index contributed by atoms with van der Waals surface area (Å²) < 4.78 is 21.2. The third kappa shape index (κ3) is 13.0. The molecule has 0 aliphatic heterocycles. The average molecular weight is 617 g/mol. The van der Waals surface area contributed by atoms with Crippen molar-refractivity contribution in [1.82, 2.24) is 0 Å². The maximum absolute atomic E-state index is 12.3. The lowest BCUT2D eigenvalue weighted by Gasteiger charge is -2.07. The maximum Gasteiger partial charge on any atom is 0.338 e. The Morgan fingerprint density at radius 2 is 1.20 bits per heavy atom. The van der Waals surface area contributed by atoms with Gasteiger partial charge in [-0.05, 0) is 91.9 Å². The predicted octanol–water partition coefficient (Wildman–Crippen LogP) is 6.53. The van der Waals surface area contributed by atoms with Gasteiger partial charge in [0.05, 0.1) is 24.3 Å². The SMILES string of the molecule is CCCCCCC(=O)Oc1ccc(OC(=O)C=Cc2ccc(C(=O)OCCCCCOC(=O)c3cc(N)cc(N)c3)cc2)cc1. The van der Waals surface area contributed by atoms with Gasteiger partial charge < -0.3 is 30.4 Å². The minimum Gasteiger partial charge on any atom is -0.462 e. The van der Waals surface area contributed by atoms with Gasteiger partial charge in [-0.25, -0.2) is 14.4 Å². The van der Waals surface area contributed by atoms with Crippen molar-refractivity contribution in [2.45, 2.75) is 58.3 Å². The van der Waals surface area contributed by atoms with E-state index in [1.54, 1.807) is 60.7 Å². The highest BCUT2D eigenvalue weighted by Crippen LogP contribution is 2.19. The first-order chi connectivity index (χ1) is 21.7. The fraction of sp³-hybridized carbons (Fsp3) is 0.314. The first-order valence-corrected chi connectivity index (χ1v) is 15.0. The molecule has 0 bridgehead atoms. The first kappa shape index (κ1) is 34.4. The number of carbonyl (C=O) groups is 4. The van der Waals surface area contributed by atoms with E-state index in [1.807, 2.05) is 0 Å². The van der Waals surface area contributed by atoms with Gasteiger partial charge in [-0.2, -0.15) is 0 Å². The Morgan fingerprint density at radius 1 is 0.644 bits per heavy atom. The minimum absolute atomic E-state index is 0.229. The summed E-state index contributed by atoms with van der Waals surface area (Å²) in [5.41, 5.74) is 13.6. The average Bonchev–Trinajstić information content (AvgIpc) is 3.02. The highest BCUT2D eigenvalue weighted by atomic mass is 16.5. The molecular formula is C35H40N2O8. The zero-order valence-electron chi connectivity index (χ0n) is 25.5. The van der Waals surface area contributed by atoms with Crippen LogP contribution in [0.2, 0.25) is 0 Å². The molecule has 3 aromatic carbocycles. The van der Waals surface area contributed by atoms with Gasteiger partial charge in [0.1, 0.15) is 11.5 Å². The lowest BCUT2D eigenvalue weighted by atomic mass is 10.1. The molecule has 0 spiro atoms. The summed E-state index contributed by atoms with van der Waals surface area (Å²) in [5.74, 6) is -1.11. The third-order valence-corrected chi connectivity index (χ3v) is 6.53. The molecule has 0 aliphatic rings. The Labute approximate surface area is 263 Å². The van der Waals surface area contributed by atoms with E-state index >= 15 is 0 Å². The van der Waals surface area contributed by atoms with Gasteiger partial charge in [-0.1, -0.05) is 38.3 Å². The number of benzene rings is 3. The molecule has 3 aromatic rings. The third-order valence-electron chi connectivity index (χ3n) is 6.53. The first-order valence-electron chi connectivity index (χ1n) is 15.0. The molecule has 0 aromatic heterocycles. The lowest BCUT2D eigenvalue weighted by Crippen LogP contribution is -2.09. The molecule has 0 unspecified atom stereocenters. The van der Waals surface area contributed by atoms with Crippen molar-refractivity contribution in [3.05, 3.63) is 89.5 Å². The Morgan fingerprint density at radius 3 is 1.80 bits per heavy atom.